The summed E-state index contributed by atoms with van der Waals surface area (Å²) >= 11 is 0. The molecular formula is C13H17N3O5. The van der Waals surface area contributed by atoms with Crippen molar-refractivity contribution >= 4 is 17.6 Å². The maximum absolute atomic E-state index is 11.2. The average Bonchev–Trinajstić information content (AvgIpc) is 2.42. The fourth-order valence-electron chi connectivity index (χ4n) is 1.74. The second-order valence-electron chi connectivity index (χ2n) is 4.41. The molecule has 0 heterocycles. The van der Waals surface area contributed by atoms with Crippen molar-refractivity contribution in [1.29, 1.82) is 0 Å². The van der Waals surface area contributed by atoms with E-state index in [0.29, 0.717) is 25.1 Å². The highest BCUT2D eigenvalue weighted by Gasteiger charge is 2.19. The molecule has 1 aromatic carbocycles. The van der Waals surface area contributed by atoms with E-state index in [2.05, 4.69) is 10.6 Å². The minimum Gasteiger partial charge on any atom is -0.480 e. The predicted molar refractivity (Wildman–Crippen MR) is 74.8 cm³/mol. The smallest absolute Gasteiger partial charge is 0.325 e. The maximum Gasteiger partial charge on any atom is 0.325 e. The number of carbonyl (C=O) groups is 2. The van der Waals surface area contributed by atoms with Gasteiger partial charge < -0.3 is 15.7 Å². The summed E-state index contributed by atoms with van der Waals surface area (Å²) < 4.78 is 0. The Kier molecular flexibility index (Phi) is 6.28. The van der Waals surface area contributed by atoms with Gasteiger partial charge >= 0.3 is 5.97 Å². The van der Waals surface area contributed by atoms with Crippen molar-refractivity contribution < 1.29 is 19.6 Å². The first-order valence-corrected chi connectivity index (χ1v) is 6.37. The number of carboxylic acids is 1. The predicted octanol–water partition coefficient (Wildman–Crippen LogP) is 0.836. The summed E-state index contributed by atoms with van der Waals surface area (Å²) in [5.74, 6) is -1.21. The van der Waals surface area contributed by atoms with Gasteiger partial charge in [-0.15, -0.1) is 0 Å². The molecule has 0 spiro atoms. The molecule has 0 aliphatic rings. The largest absolute Gasteiger partial charge is 0.480 e. The van der Waals surface area contributed by atoms with E-state index < -0.39 is 16.9 Å². The summed E-state index contributed by atoms with van der Waals surface area (Å²) in [4.78, 5) is 31.9. The summed E-state index contributed by atoms with van der Waals surface area (Å²) in [6.45, 7) is 2.26. The zero-order valence-corrected chi connectivity index (χ0v) is 11.5. The third-order valence-corrected chi connectivity index (χ3v) is 2.76. The van der Waals surface area contributed by atoms with Crippen LogP contribution in [0.25, 0.3) is 0 Å². The van der Waals surface area contributed by atoms with Gasteiger partial charge in [0.15, 0.2) is 0 Å². The first-order valence-electron chi connectivity index (χ1n) is 6.37. The van der Waals surface area contributed by atoms with Gasteiger partial charge in [-0.3, -0.25) is 19.7 Å². The molecule has 1 unspecified atom stereocenters. The molecule has 1 amide bonds. The van der Waals surface area contributed by atoms with Crippen LogP contribution in [0.2, 0.25) is 0 Å². The van der Waals surface area contributed by atoms with Crippen LogP contribution in [0, 0.1) is 10.1 Å². The van der Waals surface area contributed by atoms with E-state index in [1.807, 2.05) is 0 Å². The van der Waals surface area contributed by atoms with Gasteiger partial charge in [-0.1, -0.05) is 12.1 Å². The zero-order chi connectivity index (χ0) is 15.8. The molecule has 8 nitrogen and oxygen atoms in total. The standard InChI is InChI=1S/C13H17N3O5/c1-9(17)14-7-2-8-15-12(13(18)19)10-3-5-11(6-4-10)16(20)21/h3-6,12,15H,2,7-8H2,1H3,(H,14,17)(H,18,19). The van der Waals surface area contributed by atoms with Gasteiger partial charge in [0.05, 0.1) is 4.92 Å². The van der Waals surface area contributed by atoms with Crippen molar-refractivity contribution in [3.63, 3.8) is 0 Å². The van der Waals surface area contributed by atoms with E-state index in [0.717, 1.165) is 0 Å². The lowest BCUT2D eigenvalue weighted by Crippen LogP contribution is -2.31. The monoisotopic (exact) mass is 295 g/mol. The minimum atomic E-state index is -1.07. The molecule has 0 radical (unpaired) electrons. The topological polar surface area (TPSA) is 122 Å². The second-order valence-corrected chi connectivity index (χ2v) is 4.41. The lowest BCUT2D eigenvalue weighted by atomic mass is 10.1. The van der Waals surface area contributed by atoms with Crippen LogP contribution in [0.5, 0.6) is 0 Å². The van der Waals surface area contributed by atoms with E-state index in [9.17, 15) is 24.8 Å². The number of aliphatic carboxylic acids is 1. The number of nitro benzene ring substituents is 1. The van der Waals surface area contributed by atoms with Crippen molar-refractivity contribution in [3.05, 3.63) is 39.9 Å². The summed E-state index contributed by atoms with van der Waals surface area (Å²) in [6, 6.07) is 4.42. The van der Waals surface area contributed by atoms with Crippen LogP contribution in [0.3, 0.4) is 0 Å². The number of carboxylic acid groups (broad SMARTS) is 1. The number of non-ortho nitro benzene ring substituents is 1. The number of carbonyl (C=O) groups excluding carboxylic acids is 1. The molecule has 0 saturated heterocycles. The summed E-state index contributed by atoms with van der Waals surface area (Å²) in [7, 11) is 0. The lowest BCUT2D eigenvalue weighted by molar-refractivity contribution is -0.384. The van der Waals surface area contributed by atoms with E-state index in [1.54, 1.807) is 0 Å². The number of hydrogen-bond donors (Lipinski definition) is 3. The van der Waals surface area contributed by atoms with Crippen LogP contribution in [0.15, 0.2) is 24.3 Å². The minimum absolute atomic E-state index is 0.0893. The highest BCUT2D eigenvalue weighted by molar-refractivity contribution is 5.75. The summed E-state index contributed by atoms with van der Waals surface area (Å²) in [6.07, 6.45) is 0.580. The van der Waals surface area contributed by atoms with Crippen LogP contribution in [0.4, 0.5) is 5.69 Å². The normalized spacial score (nSPS) is 11.7. The van der Waals surface area contributed by atoms with Crippen LogP contribution < -0.4 is 10.6 Å². The highest BCUT2D eigenvalue weighted by atomic mass is 16.6. The fourth-order valence-corrected chi connectivity index (χ4v) is 1.74. The molecule has 3 N–H and O–H groups in total. The summed E-state index contributed by atoms with van der Waals surface area (Å²) in [5.41, 5.74) is 0.348. The van der Waals surface area contributed by atoms with Crippen LogP contribution in [-0.2, 0) is 9.59 Å². The number of nitrogens with zero attached hydrogens (tertiary/aromatic N) is 1. The van der Waals surface area contributed by atoms with Crippen molar-refractivity contribution in [2.75, 3.05) is 13.1 Å². The molecule has 0 aliphatic carbocycles. The van der Waals surface area contributed by atoms with Gasteiger partial charge in [0.1, 0.15) is 6.04 Å². The lowest BCUT2D eigenvalue weighted by Gasteiger charge is -2.14. The van der Waals surface area contributed by atoms with Gasteiger partial charge in [-0.25, -0.2) is 0 Å². The van der Waals surface area contributed by atoms with Crippen LogP contribution >= 0.6 is 0 Å². The molecule has 1 atom stereocenters. The fraction of sp³-hybridized carbons (Fsp3) is 0.385. The Labute approximate surface area is 121 Å². The van der Waals surface area contributed by atoms with Gasteiger partial charge in [-0.2, -0.15) is 0 Å². The molecular weight excluding hydrogens is 278 g/mol. The van der Waals surface area contributed by atoms with Crippen LogP contribution in [-0.4, -0.2) is 35.0 Å². The van der Waals surface area contributed by atoms with Gasteiger partial charge in [0.25, 0.3) is 5.69 Å². The number of benzene rings is 1. The Bertz CT molecular complexity index is 515. The second kappa shape index (κ2) is 7.95. The van der Waals surface area contributed by atoms with Crippen molar-refractivity contribution in [1.82, 2.24) is 10.6 Å². The van der Waals surface area contributed by atoms with Crippen molar-refractivity contribution in [2.24, 2.45) is 0 Å². The molecule has 0 aromatic heterocycles. The van der Waals surface area contributed by atoms with E-state index >= 15 is 0 Å². The molecule has 0 fully saturated rings. The molecule has 1 aromatic rings. The molecule has 21 heavy (non-hydrogen) atoms. The number of nitrogens with one attached hydrogen (secondary N) is 2. The molecule has 0 bridgehead atoms. The highest BCUT2D eigenvalue weighted by Crippen LogP contribution is 2.18. The Morgan fingerprint density at radius 2 is 1.90 bits per heavy atom. The number of hydrogen-bond acceptors (Lipinski definition) is 5. The molecule has 8 heteroatoms. The Morgan fingerprint density at radius 3 is 2.38 bits per heavy atom. The average molecular weight is 295 g/mol. The van der Waals surface area contributed by atoms with Gasteiger partial charge in [-0.05, 0) is 18.5 Å². The quantitative estimate of drug-likeness (QED) is 0.371. The first kappa shape index (κ1) is 16.6. The number of nitro groups is 1. The maximum atomic E-state index is 11.2. The SMILES string of the molecule is CC(=O)NCCCNC(C(=O)O)c1ccc([N+](=O)[O-])cc1. The first-order chi connectivity index (χ1) is 9.91. The number of amides is 1. The zero-order valence-electron chi connectivity index (χ0n) is 11.5. The Balaban J connectivity index is 2.58. The van der Waals surface area contributed by atoms with E-state index in [-0.39, 0.29) is 11.6 Å². The van der Waals surface area contributed by atoms with E-state index in [4.69, 9.17) is 0 Å². The molecule has 114 valence electrons. The summed E-state index contributed by atoms with van der Waals surface area (Å²) in [5, 5.41) is 25.2. The van der Waals surface area contributed by atoms with Crippen molar-refractivity contribution in [3.8, 4) is 0 Å². The van der Waals surface area contributed by atoms with Crippen LogP contribution in [0.1, 0.15) is 24.9 Å². The van der Waals surface area contributed by atoms with Crippen molar-refractivity contribution in [2.45, 2.75) is 19.4 Å². The molecule has 0 saturated carbocycles. The number of rotatable bonds is 8. The third kappa shape index (κ3) is 5.57. The Morgan fingerprint density at radius 1 is 1.29 bits per heavy atom. The van der Waals surface area contributed by atoms with E-state index in [1.165, 1.54) is 31.2 Å². The third-order valence-electron chi connectivity index (χ3n) is 2.76. The molecule has 0 aliphatic heterocycles. The Hall–Kier alpha value is -2.48. The van der Waals surface area contributed by atoms with Gasteiger partial charge in [0, 0.05) is 25.6 Å². The molecule has 1 rings (SSSR count). The van der Waals surface area contributed by atoms with Gasteiger partial charge in [0.2, 0.25) is 5.91 Å².